The molecule has 0 aliphatic carbocycles. The number of carbonyl (C=O) groups excluding carboxylic acids is 3. The summed E-state index contributed by atoms with van der Waals surface area (Å²) in [6.45, 7) is -2.45. The maximum absolute atomic E-state index is 13.1. The van der Waals surface area contributed by atoms with Gasteiger partial charge in [0, 0.05) is 18.7 Å². The van der Waals surface area contributed by atoms with Gasteiger partial charge in [-0.05, 0) is 0 Å². The number of ether oxygens (including phenoxy) is 2. The van der Waals surface area contributed by atoms with Gasteiger partial charge in [0.05, 0.1) is 38.4 Å². The number of hydrogen-bond acceptors (Lipinski definition) is 17. The molecule has 2 fully saturated rings. The number of anilines is 1. The number of H-pyrrole nitrogens is 1. The van der Waals surface area contributed by atoms with E-state index in [0.717, 1.165) is 16.8 Å². The van der Waals surface area contributed by atoms with Crippen LogP contribution in [0.3, 0.4) is 0 Å². The number of rotatable bonds is 14. The predicted octanol–water partition coefficient (Wildman–Crippen LogP) is -4.35. The summed E-state index contributed by atoms with van der Waals surface area (Å²) in [6.07, 6.45) is -4.11. The van der Waals surface area contributed by atoms with Gasteiger partial charge >= 0.3 is 13.5 Å². The highest BCUT2D eigenvalue weighted by atomic mass is 32.1. The molecule has 9 N–H and O–H groups in total. The number of thiol groups is 1. The molecular formula is C25H33N10O13PS. The average Bonchev–Trinajstić information content (AvgIpc) is 3.77. The molecule has 0 aromatic carbocycles. The Bertz CT molecular complexity index is 1890. The predicted molar refractivity (Wildman–Crippen MR) is 169 cm³/mol. The number of nitrogens with two attached hydrogens (primary N) is 1. The van der Waals surface area contributed by atoms with Gasteiger partial charge in [0.2, 0.25) is 17.7 Å². The Morgan fingerprint density at radius 3 is 2.56 bits per heavy atom. The molecule has 0 spiro atoms. The number of aromatic nitrogens is 6. The van der Waals surface area contributed by atoms with Gasteiger partial charge in [-0.25, -0.2) is 24.3 Å². The molecule has 5 heterocycles. The quantitative estimate of drug-likeness (QED) is 0.0556. The van der Waals surface area contributed by atoms with E-state index in [4.69, 9.17) is 24.3 Å². The van der Waals surface area contributed by atoms with E-state index in [0.29, 0.717) is 11.2 Å². The van der Waals surface area contributed by atoms with E-state index in [2.05, 4.69) is 43.5 Å². The van der Waals surface area contributed by atoms with Gasteiger partial charge in [-0.1, -0.05) is 0 Å². The molecule has 25 heteroatoms. The number of nitrogens with one attached hydrogen (secondary N) is 4. The molecule has 3 aromatic heterocycles. The fourth-order valence-corrected chi connectivity index (χ4v) is 6.29. The maximum atomic E-state index is 13.1. The van der Waals surface area contributed by atoms with E-state index >= 15 is 0 Å². The minimum atomic E-state index is -4.96. The van der Waals surface area contributed by atoms with Crippen LogP contribution in [0, 0.1) is 0 Å². The summed E-state index contributed by atoms with van der Waals surface area (Å²) in [4.78, 5) is 84.9. The fraction of sp³-hybridized carbons (Fsp3) is 0.520. The number of hydrogen-bond donors (Lipinski definition) is 9. The van der Waals surface area contributed by atoms with Crippen LogP contribution >= 0.6 is 20.5 Å². The topological polar surface area (TPSA) is 326 Å². The van der Waals surface area contributed by atoms with Gasteiger partial charge in [-0.15, -0.1) is 0 Å². The van der Waals surface area contributed by atoms with Crippen LogP contribution in [0.25, 0.3) is 11.2 Å². The van der Waals surface area contributed by atoms with Gasteiger partial charge in [0.1, 0.15) is 48.5 Å². The molecule has 0 radical (unpaired) electrons. The minimum absolute atomic E-state index is 0.0551. The van der Waals surface area contributed by atoms with Crippen LogP contribution in [-0.2, 0) is 37.5 Å². The summed E-state index contributed by atoms with van der Waals surface area (Å²) >= 11 is 3.77. The Labute approximate surface area is 285 Å². The molecule has 3 aromatic rings. The van der Waals surface area contributed by atoms with Crippen molar-refractivity contribution in [2.45, 2.75) is 49.3 Å². The molecule has 1 unspecified atom stereocenters. The average molecular weight is 745 g/mol. The van der Waals surface area contributed by atoms with Crippen LogP contribution in [0.5, 0.6) is 0 Å². The van der Waals surface area contributed by atoms with Gasteiger partial charge in [0.15, 0.2) is 17.7 Å². The summed E-state index contributed by atoms with van der Waals surface area (Å²) in [5, 5.41) is 27.9. The van der Waals surface area contributed by atoms with Crippen molar-refractivity contribution in [1.29, 1.82) is 0 Å². The van der Waals surface area contributed by atoms with E-state index in [-0.39, 0.29) is 18.0 Å². The summed E-state index contributed by atoms with van der Waals surface area (Å²) in [6, 6.07) is -0.428. The molecule has 23 nitrogen and oxygen atoms in total. The molecule has 0 saturated carbocycles. The summed E-state index contributed by atoms with van der Waals surface area (Å²) in [5.74, 6) is -2.11. The largest absolute Gasteiger partial charge is 0.472 e. The standard InChI is InChI=1S/C25H33N10O13PS/c26-22-20-23(30-9-29-22)35(10-31-20)18-3-11(12(6-36)46-18)48-49(43,44)45-7-13-21(41)19(24(47-13)34-2-1-14(37)33-25(34)42)32-16(39)5-27-15(38)4-28-17(40)8-50/h1-2,9-13,18-19,21,24,36,41,50H,3-8H2,(H,27,38)(H,28,40)(H,32,39)(H,43,44)(H2,26,29,30)(H,33,37,42)/t11-,12+,13+,18+,19+,21+,24+/m0/s1. The third kappa shape index (κ3) is 8.54. The van der Waals surface area contributed by atoms with Crippen molar-refractivity contribution in [1.82, 2.24) is 45.0 Å². The van der Waals surface area contributed by atoms with E-state index < -0.39 is 106 Å². The number of aliphatic hydroxyl groups excluding tert-OH is 2. The van der Waals surface area contributed by atoms with E-state index in [1.165, 1.54) is 17.2 Å². The van der Waals surface area contributed by atoms with Crippen molar-refractivity contribution < 1.29 is 52.6 Å². The second kappa shape index (κ2) is 15.7. The van der Waals surface area contributed by atoms with E-state index in [9.17, 15) is 43.6 Å². The molecule has 2 aliphatic rings. The minimum Gasteiger partial charge on any atom is -0.394 e. The zero-order valence-corrected chi connectivity index (χ0v) is 27.5. The number of nitrogens with zero attached hydrogens (tertiary/aromatic N) is 5. The van der Waals surface area contributed by atoms with E-state index in [1.54, 1.807) is 0 Å². The van der Waals surface area contributed by atoms with Crippen LogP contribution in [0.2, 0.25) is 0 Å². The van der Waals surface area contributed by atoms with Crippen LogP contribution in [0.4, 0.5) is 5.82 Å². The number of imidazole rings is 1. The molecule has 272 valence electrons. The van der Waals surface area contributed by atoms with Gasteiger partial charge < -0.3 is 46.3 Å². The van der Waals surface area contributed by atoms with Gasteiger partial charge in [-0.2, -0.15) is 12.6 Å². The summed E-state index contributed by atoms with van der Waals surface area (Å²) in [7, 11) is -4.96. The molecule has 3 amide bonds. The number of phosphoric ester groups is 1. The van der Waals surface area contributed by atoms with Crippen molar-refractivity contribution in [3.8, 4) is 0 Å². The zero-order valence-electron chi connectivity index (χ0n) is 25.7. The highest BCUT2D eigenvalue weighted by Gasteiger charge is 2.48. The lowest BCUT2D eigenvalue weighted by Crippen LogP contribution is -2.51. The Morgan fingerprint density at radius 2 is 1.84 bits per heavy atom. The number of nitrogen functional groups attached to an aromatic ring is 1. The molecule has 5 rings (SSSR count). The molecule has 2 aliphatic heterocycles. The maximum Gasteiger partial charge on any atom is 0.472 e. The smallest absolute Gasteiger partial charge is 0.394 e. The lowest BCUT2D eigenvalue weighted by Gasteiger charge is -2.23. The van der Waals surface area contributed by atoms with Crippen molar-refractivity contribution in [2.24, 2.45) is 0 Å². The molecule has 50 heavy (non-hydrogen) atoms. The highest BCUT2D eigenvalue weighted by Crippen LogP contribution is 2.49. The summed E-state index contributed by atoms with van der Waals surface area (Å²) in [5.41, 5.74) is 4.73. The monoisotopic (exact) mass is 744 g/mol. The Morgan fingerprint density at radius 1 is 1.10 bits per heavy atom. The lowest BCUT2D eigenvalue weighted by atomic mass is 10.1. The number of amides is 3. The first-order valence-corrected chi connectivity index (χ1v) is 16.9. The zero-order chi connectivity index (χ0) is 36.2. The number of carbonyl (C=O) groups is 3. The number of aliphatic hydroxyl groups is 2. The Balaban J connectivity index is 1.23. The molecule has 8 atom stereocenters. The van der Waals surface area contributed by atoms with Gasteiger partial charge in [-0.3, -0.25) is 42.3 Å². The second-order valence-corrected chi connectivity index (χ2v) is 12.6. The second-order valence-electron chi connectivity index (χ2n) is 10.9. The Kier molecular flexibility index (Phi) is 11.7. The molecular weight excluding hydrogens is 711 g/mol. The third-order valence-corrected chi connectivity index (χ3v) is 8.89. The Hall–Kier alpha value is -4.26. The number of phosphoric acid groups is 1. The fourth-order valence-electron chi connectivity index (χ4n) is 5.21. The molecule has 2 saturated heterocycles. The first-order chi connectivity index (χ1) is 23.8. The lowest BCUT2D eigenvalue weighted by molar-refractivity contribution is -0.127. The first kappa shape index (κ1) is 37.0. The normalized spacial score (nSPS) is 26.0. The molecule has 0 bridgehead atoms. The van der Waals surface area contributed by atoms with Crippen molar-refractivity contribution in [3.05, 3.63) is 45.8 Å². The third-order valence-electron chi connectivity index (χ3n) is 7.59. The number of aromatic amines is 1. The number of fused-ring (bicyclic) bond motifs is 1. The first-order valence-electron chi connectivity index (χ1n) is 14.7. The van der Waals surface area contributed by atoms with Crippen molar-refractivity contribution in [3.63, 3.8) is 0 Å². The van der Waals surface area contributed by atoms with Crippen LogP contribution in [-0.4, -0.2) is 124 Å². The van der Waals surface area contributed by atoms with Crippen molar-refractivity contribution >= 4 is 55.2 Å². The van der Waals surface area contributed by atoms with Crippen LogP contribution in [0.15, 0.2) is 34.5 Å². The van der Waals surface area contributed by atoms with Crippen LogP contribution in [0.1, 0.15) is 18.9 Å². The van der Waals surface area contributed by atoms with Crippen LogP contribution < -0.4 is 32.9 Å². The van der Waals surface area contributed by atoms with E-state index in [1.807, 2.05) is 4.98 Å². The highest BCUT2D eigenvalue weighted by molar-refractivity contribution is 7.81. The van der Waals surface area contributed by atoms with Crippen molar-refractivity contribution in [2.75, 3.05) is 37.8 Å². The summed E-state index contributed by atoms with van der Waals surface area (Å²) < 4.78 is 37.4. The SMILES string of the molecule is Nc1ncnc2c1ncn2[C@H]1C[C@H](OP(=O)(O)OC[C@H]2O[C@@H](n3ccc(=O)[nH]c3=O)[C@H](NC(=O)CNC(=O)CNC(=O)CS)[C@@H]2O)[C@@H](CO)O1. The van der Waals surface area contributed by atoms with Gasteiger partial charge in [0.25, 0.3) is 5.56 Å².